The molecule has 0 saturated carbocycles. The lowest BCUT2D eigenvalue weighted by Crippen LogP contribution is -2.38. The Morgan fingerprint density at radius 2 is 2.26 bits per heavy atom. The van der Waals surface area contributed by atoms with Gasteiger partial charge in [0.1, 0.15) is 6.67 Å². The van der Waals surface area contributed by atoms with Crippen molar-refractivity contribution in [2.45, 2.75) is 6.10 Å². The fraction of sp³-hybridized carbons (Fsp3) is 0.357. The van der Waals surface area contributed by atoms with Crippen LogP contribution in [0.2, 0.25) is 0 Å². The van der Waals surface area contributed by atoms with Crippen LogP contribution in [0, 0.1) is 0 Å². The van der Waals surface area contributed by atoms with E-state index in [1.807, 2.05) is 0 Å². The van der Waals surface area contributed by atoms with Gasteiger partial charge in [-0.3, -0.25) is 14.5 Å². The van der Waals surface area contributed by atoms with Crippen molar-refractivity contribution in [3.05, 3.63) is 27.9 Å². The number of anilines is 1. The highest BCUT2D eigenvalue weighted by molar-refractivity contribution is 7.16. The SMILES string of the molecule is Cn1c(=O)sc2cc(N3CC(C(=O)NCCF)OC3=O)ccc21. The Hall–Kier alpha value is -2.42. The fourth-order valence-electron chi connectivity index (χ4n) is 2.38. The van der Waals surface area contributed by atoms with Crippen LogP contribution in [0.1, 0.15) is 0 Å². The molecular formula is C14H14FN3O4S. The molecule has 0 bridgehead atoms. The third kappa shape index (κ3) is 2.79. The van der Waals surface area contributed by atoms with Gasteiger partial charge in [0.05, 0.1) is 16.8 Å². The number of aryl methyl sites for hydroxylation is 1. The number of rotatable bonds is 4. The van der Waals surface area contributed by atoms with Crippen molar-refractivity contribution in [1.82, 2.24) is 9.88 Å². The molecule has 1 aromatic heterocycles. The normalized spacial score (nSPS) is 17.6. The first kappa shape index (κ1) is 15.5. The number of fused-ring (bicyclic) bond motifs is 1. The Balaban J connectivity index is 1.83. The summed E-state index contributed by atoms with van der Waals surface area (Å²) < 4.78 is 19.4. The number of amides is 2. The van der Waals surface area contributed by atoms with Crippen molar-refractivity contribution < 1.29 is 18.7 Å². The minimum Gasteiger partial charge on any atom is -0.434 e. The molecule has 1 saturated heterocycles. The standard InChI is InChI=1S/C14H14FN3O4S/c1-17-9-3-2-8(6-11(9)23-14(17)21)18-7-10(22-13(18)20)12(19)16-5-4-15/h2-3,6,10H,4-5,7H2,1H3,(H,16,19). The minimum atomic E-state index is -0.973. The quantitative estimate of drug-likeness (QED) is 0.901. The second-order valence-corrected chi connectivity index (χ2v) is 6.04. The second-order valence-electron chi connectivity index (χ2n) is 5.04. The van der Waals surface area contributed by atoms with Gasteiger partial charge >= 0.3 is 11.0 Å². The summed E-state index contributed by atoms with van der Waals surface area (Å²) in [5, 5.41) is 2.35. The van der Waals surface area contributed by atoms with Crippen molar-refractivity contribution in [3.8, 4) is 0 Å². The van der Waals surface area contributed by atoms with Gasteiger partial charge < -0.3 is 14.6 Å². The van der Waals surface area contributed by atoms with Gasteiger partial charge in [-0.25, -0.2) is 9.18 Å². The first-order valence-corrected chi connectivity index (χ1v) is 7.74. The Labute approximate surface area is 134 Å². The minimum absolute atomic E-state index is 0.0458. The van der Waals surface area contributed by atoms with Crippen LogP contribution < -0.4 is 15.1 Å². The van der Waals surface area contributed by atoms with Gasteiger partial charge in [-0.2, -0.15) is 0 Å². The molecule has 1 atom stereocenters. The number of nitrogens with one attached hydrogen (secondary N) is 1. The lowest BCUT2D eigenvalue weighted by molar-refractivity contribution is -0.127. The molecule has 9 heteroatoms. The Morgan fingerprint density at radius 3 is 3.00 bits per heavy atom. The largest absolute Gasteiger partial charge is 0.434 e. The summed E-state index contributed by atoms with van der Waals surface area (Å²) in [5.41, 5.74) is 1.32. The Bertz CT molecular complexity index is 831. The van der Waals surface area contributed by atoms with Crippen LogP contribution in [0.5, 0.6) is 0 Å². The molecule has 0 spiro atoms. The first-order chi connectivity index (χ1) is 11.0. The van der Waals surface area contributed by atoms with E-state index in [0.717, 1.165) is 21.6 Å². The van der Waals surface area contributed by atoms with E-state index in [-0.39, 0.29) is 18.0 Å². The number of benzene rings is 1. The van der Waals surface area contributed by atoms with Gasteiger partial charge in [-0.1, -0.05) is 11.3 Å². The molecule has 1 aromatic carbocycles. The van der Waals surface area contributed by atoms with Crippen molar-refractivity contribution in [1.29, 1.82) is 0 Å². The highest BCUT2D eigenvalue weighted by atomic mass is 32.1. The third-order valence-corrected chi connectivity index (χ3v) is 4.58. The number of thiazole rings is 1. The number of hydrogen-bond donors (Lipinski definition) is 1. The highest BCUT2D eigenvalue weighted by Gasteiger charge is 2.37. The number of nitrogens with zero attached hydrogens (tertiary/aromatic N) is 2. The number of carbonyl (C=O) groups excluding carboxylic acids is 2. The number of ether oxygens (including phenoxy) is 1. The predicted octanol–water partition coefficient (Wildman–Crippen LogP) is 1.01. The average Bonchev–Trinajstić information content (AvgIpc) is 3.05. The van der Waals surface area contributed by atoms with E-state index in [4.69, 9.17) is 4.74 Å². The third-order valence-electron chi connectivity index (χ3n) is 3.59. The summed E-state index contributed by atoms with van der Waals surface area (Å²) >= 11 is 1.08. The molecule has 1 aliphatic rings. The predicted molar refractivity (Wildman–Crippen MR) is 83.7 cm³/mol. The van der Waals surface area contributed by atoms with Gasteiger partial charge in [0.25, 0.3) is 5.91 Å². The zero-order valence-electron chi connectivity index (χ0n) is 12.2. The number of alkyl halides is 1. The van der Waals surface area contributed by atoms with E-state index in [1.165, 1.54) is 9.47 Å². The molecule has 0 aliphatic carbocycles. The molecule has 1 fully saturated rings. The summed E-state index contributed by atoms with van der Waals surface area (Å²) in [5.74, 6) is -0.524. The van der Waals surface area contributed by atoms with Gasteiger partial charge in [-0.05, 0) is 18.2 Å². The molecule has 23 heavy (non-hydrogen) atoms. The van der Waals surface area contributed by atoms with Crippen LogP contribution >= 0.6 is 11.3 Å². The van der Waals surface area contributed by atoms with Crippen LogP contribution in [-0.2, 0) is 16.6 Å². The molecule has 2 amide bonds. The van der Waals surface area contributed by atoms with Crippen molar-refractivity contribution in [3.63, 3.8) is 0 Å². The number of aromatic nitrogens is 1. The van der Waals surface area contributed by atoms with Crippen LogP contribution in [-0.4, -0.2) is 42.4 Å². The van der Waals surface area contributed by atoms with E-state index < -0.39 is 24.8 Å². The average molecular weight is 339 g/mol. The zero-order valence-corrected chi connectivity index (χ0v) is 13.1. The summed E-state index contributed by atoms with van der Waals surface area (Å²) in [7, 11) is 1.68. The van der Waals surface area contributed by atoms with Crippen molar-refractivity contribution in [2.24, 2.45) is 7.05 Å². The molecule has 122 valence electrons. The smallest absolute Gasteiger partial charge is 0.415 e. The maximum atomic E-state index is 12.1. The van der Waals surface area contributed by atoms with Crippen LogP contribution in [0.15, 0.2) is 23.0 Å². The molecule has 2 heterocycles. The van der Waals surface area contributed by atoms with Crippen molar-refractivity contribution >= 4 is 39.2 Å². The zero-order chi connectivity index (χ0) is 16.6. The Kier molecular flexibility index (Phi) is 4.03. The molecular weight excluding hydrogens is 325 g/mol. The van der Waals surface area contributed by atoms with Crippen LogP contribution in [0.25, 0.3) is 10.2 Å². The number of carbonyl (C=O) groups is 2. The van der Waals surface area contributed by atoms with Gasteiger partial charge in [0.2, 0.25) is 0 Å². The summed E-state index contributed by atoms with van der Waals surface area (Å²) in [6.07, 6.45) is -1.62. The molecule has 1 unspecified atom stereocenters. The van der Waals surface area contributed by atoms with Gasteiger partial charge in [0.15, 0.2) is 6.10 Å². The lowest BCUT2D eigenvalue weighted by Gasteiger charge is -2.13. The van der Waals surface area contributed by atoms with Crippen molar-refractivity contribution in [2.75, 3.05) is 24.7 Å². The van der Waals surface area contributed by atoms with E-state index in [9.17, 15) is 18.8 Å². The number of cyclic esters (lactones) is 1. The second kappa shape index (κ2) is 5.99. The molecule has 7 nitrogen and oxygen atoms in total. The van der Waals surface area contributed by atoms with E-state index in [2.05, 4.69) is 5.32 Å². The van der Waals surface area contributed by atoms with E-state index in [0.29, 0.717) is 5.69 Å². The summed E-state index contributed by atoms with van der Waals surface area (Å²) in [6, 6.07) is 5.15. The molecule has 3 rings (SSSR count). The van der Waals surface area contributed by atoms with Crippen LogP contribution in [0.4, 0.5) is 14.9 Å². The monoisotopic (exact) mass is 339 g/mol. The summed E-state index contributed by atoms with van der Waals surface area (Å²) in [6.45, 7) is -0.749. The molecule has 2 aromatic rings. The van der Waals surface area contributed by atoms with Crippen LogP contribution in [0.3, 0.4) is 0 Å². The maximum absolute atomic E-state index is 12.1. The fourth-order valence-corrected chi connectivity index (χ4v) is 3.30. The maximum Gasteiger partial charge on any atom is 0.415 e. The molecule has 1 aliphatic heterocycles. The lowest BCUT2D eigenvalue weighted by atomic mass is 10.2. The topological polar surface area (TPSA) is 80.6 Å². The molecule has 0 radical (unpaired) electrons. The van der Waals surface area contributed by atoms with E-state index >= 15 is 0 Å². The number of hydrogen-bond acceptors (Lipinski definition) is 5. The molecule has 1 N–H and O–H groups in total. The summed E-state index contributed by atoms with van der Waals surface area (Å²) in [4.78, 5) is 36.6. The van der Waals surface area contributed by atoms with E-state index in [1.54, 1.807) is 25.2 Å². The van der Waals surface area contributed by atoms with Gasteiger partial charge in [-0.15, -0.1) is 0 Å². The number of halogens is 1. The van der Waals surface area contributed by atoms with Gasteiger partial charge in [0, 0.05) is 19.3 Å². The first-order valence-electron chi connectivity index (χ1n) is 6.92. The highest BCUT2D eigenvalue weighted by Crippen LogP contribution is 2.27. The Morgan fingerprint density at radius 1 is 1.48 bits per heavy atom.